The summed E-state index contributed by atoms with van der Waals surface area (Å²) >= 11 is 13.8. The van der Waals surface area contributed by atoms with Gasteiger partial charge in [0.2, 0.25) is 5.91 Å². The number of benzene rings is 1. The standard InChI is InChI=1S/C16H13Cl2N3OS/c1-15(9-16(15,17)18)13(22)20-12-11(10-5-3-2-4-6-10)19-14-21(12)7-8-23-14/h2-8H,9H2,1H3,(H,20,22). The fraction of sp³-hybridized carbons (Fsp3) is 0.250. The van der Waals surface area contributed by atoms with Crippen LogP contribution in [0.1, 0.15) is 13.3 Å². The number of amides is 1. The summed E-state index contributed by atoms with van der Waals surface area (Å²) in [5.41, 5.74) is 0.914. The Morgan fingerprint density at radius 1 is 1.35 bits per heavy atom. The lowest BCUT2D eigenvalue weighted by Gasteiger charge is -2.13. The molecule has 1 amide bonds. The van der Waals surface area contributed by atoms with Gasteiger partial charge in [0.15, 0.2) is 4.96 Å². The van der Waals surface area contributed by atoms with Gasteiger partial charge in [-0.1, -0.05) is 30.3 Å². The third-order valence-electron chi connectivity index (χ3n) is 4.30. The fourth-order valence-corrected chi connectivity index (χ4v) is 4.01. The van der Waals surface area contributed by atoms with E-state index in [0.717, 1.165) is 16.2 Å². The van der Waals surface area contributed by atoms with E-state index in [1.165, 1.54) is 11.3 Å². The predicted octanol–water partition coefficient (Wildman–Crippen LogP) is 4.59. The van der Waals surface area contributed by atoms with Crippen LogP contribution in [0.2, 0.25) is 0 Å². The maximum atomic E-state index is 12.6. The van der Waals surface area contributed by atoms with Crippen LogP contribution < -0.4 is 5.32 Å². The lowest BCUT2D eigenvalue weighted by atomic mass is 10.1. The second-order valence-electron chi connectivity index (χ2n) is 5.90. The number of carbonyl (C=O) groups is 1. The zero-order valence-corrected chi connectivity index (χ0v) is 14.5. The summed E-state index contributed by atoms with van der Waals surface area (Å²) in [6.07, 6.45) is 2.33. The number of anilines is 1. The topological polar surface area (TPSA) is 46.4 Å². The lowest BCUT2D eigenvalue weighted by Crippen LogP contribution is -2.26. The number of aromatic nitrogens is 2. The molecule has 23 heavy (non-hydrogen) atoms. The number of carbonyl (C=O) groups excluding carboxylic acids is 1. The molecule has 0 saturated heterocycles. The van der Waals surface area contributed by atoms with Crippen molar-refractivity contribution in [2.24, 2.45) is 5.41 Å². The second kappa shape index (κ2) is 4.97. The highest BCUT2D eigenvalue weighted by atomic mass is 35.5. The first-order valence-electron chi connectivity index (χ1n) is 7.13. The molecule has 0 spiro atoms. The minimum absolute atomic E-state index is 0.187. The molecule has 1 aromatic carbocycles. The Kier molecular flexibility index (Phi) is 3.24. The van der Waals surface area contributed by atoms with E-state index in [9.17, 15) is 4.79 Å². The van der Waals surface area contributed by atoms with Crippen molar-refractivity contribution in [1.29, 1.82) is 0 Å². The van der Waals surface area contributed by atoms with Crippen LogP contribution in [0.25, 0.3) is 16.2 Å². The molecule has 118 valence electrons. The second-order valence-corrected chi connectivity index (χ2v) is 8.26. The number of fused-ring (bicyclic) bond motifs is 1. The highest BCUT2D eigenvalue weighted by Gasteiger charge is 2.68. The maximum absolute atomic E-state index is 12.6. The molecule has 4 rings (SSSR count). The van der Waals surface area contributed by atoms with Crippen molar-refractivity contribution in [3.63, 3.8) is 0 Å². The number of imidazole rings is 1. The third kappa shape index (κ3) is 2.26. The number of rotatable bonds is 3. The molecular weight excluding hydrogens is 353 g/mol. The molecule has 1 fully saturated rings. The molecule has 0 aliphatic heterocycles. The summed E-state index contributed by atoms with van der Waals surface area (Å²) in [4.78, 5) is 18.1. The Bertz CT molecular complexity index is 903. The van der Waals surface area contributed by atoms with Crippen molar-refractivity contribution in [2.45, 2.75) is 17.7 Å². The molecule has 0 radical (unpaired) electrons. The zero-order chi connectivity index (χ0) is 16.2. The van der Waals surface area contributed by atoms with Crippen LogP contribution in [-0.2, 0) is 4.79 Å². The van der Waals surface area contributed by atoms with E-state index >= 15 is 0 Å². The van der Waals surface area contributed by atoms with E-state index in [1.807, 2.05) is 46.3 Å². The molecule has 2 aromatic heterocycles. The number of nitrogens with one attached hydrogen (secondary N) is 1. The first kappa shape index (κ1) is 15.0. The van der Waals surface area contributed by atoms with Crippen LogP contribution in [0.3, 0.4) is 0 Å². The molecule has 0 bridgehead atoms. The van der Waals surface area contributed by atoms with E-state index in [2.05, 4.69) is 10.3 Å². The summed E-state index contributed by atoms with van der Waals surface area (Å²) in [5, 5.41) is 4.91. The van der Waals surface area contributed by atoms with Crippen LogP contribution >= 0.6 is 34.5 Å². The molecule has 1 aliphatic carbocycles. The van der Waals surface area contributed by atoms with Gasteiger partial charge in [0.05, 0.1) is 5.41 Å². The van der Waals surface area contributed by atoms with Gasteiger partial charge in [0.25, 0.3) is 0 Å². The minimum Gasteiger partial charge on any atom is -0.309 e. The molecule has 4 nitrogen and oxygen atoms in total. The Morgan fingerprint density at radius 2 is 2.04 bits per heavy atom. The molecule has 1 atom stereocenters. The van der Waals surface area contributed by atoms with Crippen molar-refractivity contribution >= 4 is 51.2 Å². The van der Waals surface area contributed by atoms with Gasteiger partial charge < -0.3 is 5.32 Å². The lowest BCUT2D eigenvalue weighted by molar-refractivity contribution is -0.120. The van der Waals surface area contributed by atoms with E-state index in [1.54, 1.807) is 6.92 Å². The van der Waals surface area contributed by atoms with Gasteiger partial charge in [-0.25, -0.2) is 4.98 Å². The quantitative estimate of drug-likeness (QED) is 0.690. The Labute approximate surface area is 147 Å². The summed E-state index contributed by atoms with van der Waals surface area (Å²) in [5.74, 6) is 0.461. The number of hydrogen-bond acceptors (Lipinski definition) is 3. The van der Waals surface area contributed by atoms with Gasteiger partial charge in [-0.05, 0) is 13.3 Å². The molecular formula is C16H13Cl2N3OS. The molecule has 1 saturated carbocycles. The van der Waals surface area contributed by atoms with Crippen LogP contribution in [0.4, 0.5) is 5.82 Å². The maximum Gasteiger partial charge on any atom is 0.234 e. The van der Waals surface area contributed by atoms with Crippen LogP contribution in [-0.4, -0.2) is 19.6 Å². The largest absolute Gasteiger partial charge is 0.309 e. The molecule has 7 heteroatoms. The highest BCUT2D eigenvalue weighted by Crippen LogP contribution is 2.64. The number of thiazole rings is 1. The van der Waals surface area contributed by atoms with Crippen LogP contribution in [0.15, 0.2) is 41.9 Å². The van der Waals surface area contributed by atoms with Crippen molar-refractivity contribution in [3.8, 4) is 11.3 Å². The Hall–Kier alpha value is -1.56. The van der Waals surface area contributed by atoms with Gasteiger partial charge in [-0.2, -0.15) is 0 Å². The van der Waals surface area contributed by atoms with Gasteiger partial charge in [-0.15, -0.1) is 34.5 Å². The molecule has 3 aromatic rings. The first-order valence-corrected chi connectivity index (χ1v) is 8.76. The average molecular weight is 366 g/mol. The number of halogens is 2. The normalized spacial score (nSPS) is 22.2. The van der Waals surface area contributed by atoms with Gasteiger partial charge >= 0.3 is 0 Å². The zero-order valence-electron chi connectivity index (χ0n) is 12.2. The number of nitrogens with zero attached hydrogens (tertiary/aromatic N) is 2. The fourth-order valence-electron chi connectivity index (χ4n) is 2.59. The number of hydrogen-bond donors (Lipinski definition) is 1. The van der Waals surface area contributed by atoms with Gasteiger partial charge in [-0.3, -0.25) is 9.20 Å². The summed E-state index contributed by atoms with van der Waals surface area (Å²) in [7, 11) is 0. The van der Waals surface area contributed by atoms with Crippen molar-refractivity contribution in [2.75, 3.05) is 5.32 Å². The smallest absolute Gasteiger partial charge is 0.234 e. The van der Waals surface area contributed by atoms with Crippen molar-refractivity contribution in [1.82, 2.24) is 9.38 Å². The predicted molar refractivity (Wildman–Crippen MR) is 94.3 cm³/mol. The summed E-state index contributed by atoms with van der Waals surface area (Å²) < 4.78 is 0.878. The van der Waals surface area contributed by atoms with Gasteiger partial charge in [0, 0.05) is 17.1 Å². The number of alkyl halides is 2. The monoisotopic (exact) mass is 365 g/mol. The van der Waals surface area contributed by atoms with Crippen LogP contribution in [0, 0.1) is 5.41 Å². The molecule has 1 aliphatic rings. The van der Waals surface area contributed by atoms with Crippen molar-refractivity contribution in [3.05, 3.63) is 41.9 Å². The van der Waals surface area contributed by atoms with E-state index in [4.69, 9.17) is 23.2 Å². The van der Waals surface area contributed by atoms with E-state index in [0.29, 0.717) is 12.2 Å². The van der Waals surface area contributed by atoms with E-state index in [-0.39, 0.29) is 5.91 Å². The average Bonchev–Trinajstić information content (AvgIpc) is 2.89. The van der Waals surface area contributed by atoms with Gasteiger partial charge in [0.1, 0.15) is 15.8 Å². The first-order chi connectivity index (χ1) is 10.9. The Morgan fingerprint density at radius 3 is 2.70 bits per heavy atom. The molecule has 2 heterocycles. The minimum atomic E-state index is -0.998. The Balaban J connectivity index is 1.77. The molecule has 1 N–H and O–H groups in total. The summed E-state index contributed by atoms with van der Waals surface area (Å²) in [6, 6.07) is 9.77. The SMILES string of the molecule is CC1(C(=O)Nc2c(-c3ccccc3)nc3sccn23)CC1(Cl)Cl. The highest BCUT2D eigenvalue weighted by molar-refractivity contribution is 7.15. The summed E-state index contributed by atoms with van der Waals surface area (Å²) in [6.45, 7) is 1.77. The third-order valence-corrected chi connectivity index (χ3v) is 6.16. The molecule has 1 unspecified atom stereocenters. The van der Waals surface area contributed by atoms with Crippen molar-refractivity contribution < 1.29 is 4.79 Å². The van der Waals surface area contributed by atoms with E-state index < -0.39 is 9.75 Å². The van der Waals surface area contributed by atoms with Crippen LogP contribution in [0.5, 0.6) is 0 Å².